The highest BCUT2D eigenvalue weighted by molar-refractivity contribution is 9.10. The van der Waals surface area contributed by atoms with Gasteiger partial charge in [0.25, 0.3) is 11.8 Å². The number of piperidine rings is 1. The molecule has 18 nitrogen and oxygen atoms in total. The average molecular weight is 1020 g/mol. The molecule has 3 aromatic carbocycles. The van der Waals surface area contributed by atoms with Crippen LogP contribution < -0.4 is 31.1 Å². The zero-order valence-corrected chi connectivity index (χ0v) is 39.3. The maximum atomic E-state index is 15.5. The van der Waals surface area contributed by atoms with Gasteiger partial charge >= 0.3 is 7.60 Å². The molecule has 5 aromatic rings. The highest BCUT2D eigenvalue weighted by Crippen LogP contribution is 2.49. The van der Waals surface area contributed by atoms with Gasteiger partial charge in [-0.25, -0.2) is 9.37 Å². The minimum absolute atomic E-state index is 0.00389. The Bertz CT molecular complexity index is 2920. The van der Waals surface area contributed by atoms with Gasteiger partial charge in [0.05, 0.1) is 53.9 Å². The van der Waals surface area contributed by atoms with E-state index in [4.69, 9.17) is 32.2 Å². The molecule has 0 bridgehead atoms. The number of nitrogens with zero attached hydrogens (tertiary/aromatic N) is 8. The number of aromatic nitrogens is 4. The first kappa shape index (κ1) is 45.6. The first-order valence-electron chi connectivity index (χ1n) is 20.7. The fraction of sp³-hybridized carbons (Fsp3) is 0.302. The number of piperazine rings is 1. The number of imide groups is 2. The zero-order chi connectivity index (χ0) is 46.4. The van der Waals surface area contributed by atoms with E-state index in [1.54, 1.807) is 35.4 Å². The lowest BCUT2D eigenvalue weighted by atomic mass is 10.0. The molecule has 1 atom stereocenters. The van der Waals surface area contributed by atoms with Gasteiger partial charge in [-0.15, -0.1) is 0 Å². The van der Waals surface area contributed by atoms with E-state index in [1.165, 1.54) is 32.7 Å². The first-order chi connectivity index (χ1) is 31.7. The van der Waals surface area contributed by atoms with Crippen molar-refractivity contribution in [2.45, 2.75) is 31.7 Å². The third kappa shape index (κ3) is 8.74. The molecule has 4 aliphatic rings. The van der Waals surface area contributed by atoms with Crippen LogP contribution in [0.4, 0.5) is 38.9 Å². The van der Waals surface area contributed by atoms with E-state index in [0.717, 1.165) is 48.3 Å². The van der Waals surface area contributed by atoms with E-state index in [1.807, 2.05) is 6.20 Å². The number of nitrogens with one attached hydrogen (secondary N) is 3. The molecule has 9 rings (SSSR count). The van der Waals surface area contributed by atoms with Gasteiger partial charge in [-0.2, -0.15) is 4.98 Å². The van der Waals surface area contributed by atoms with Crippen molar-refractivity contribution in [2.24, 2.45) is 0 Å². The Balaban J connectivity index is 0.813. The molecule has 23 heteroatoms. The van der Waals surface area contributed by atoms with Gasteiger partial charge in [0.15, 0.2) is 0 Å². The van der Waals surface area contributed by atoms with Crippen LogP contribution in [0.15, 0.2) is 71.2 Å². The molecule has 3 N–H and O–H groups in total. The Hall–Kier alpha value is -5.60. The topological polar surface area (TPSA) is 204 Å². The molecule has 2 aromatic heterocycles. The summed E-state index contributed by atoms with van der Waals surface area (Å²) in [7, 11) is -1.23. The van der Waals surface area contributed by atoms with Crippen LogP contribution in [-0.4, -0.2) is 113 Å². The Morgan fingerprint density at radius 3 is 2.36 bits per heavy atom. The van der Waals surface area contributed by atoms with Crippen LogP contribution in [0, 0.1) is 5.82 Å². The standard InChI is InChI=1S/C43H40BrCl2FN11O7P/c1-64-66(63,65-2)38-31(4-3-30-37(38)49-10-9-48-30)51-39-26(44)21-50-43(54-39)52-32-19-28(46)34(20-27(32)45)56-15-13-55(14-16-56)11-7-23-8-12-57(22-23)35-18-25-24(17-29(35)47)41(61)58(42(25)62)33-5-6-36(59)53-40(33)60/h3-4,9-10,17-22,33H,5-8,11-16H2,1-2H3,(H,53,59,60)(H2,50,51,52,54). The Morgan fingerprint density at radius 2 is 1.62 bits per heavy atom. The van der Waals surface area contributed by atoms with Gasteiger partial charge in [0.2, 0.25) is 17.8 Å². The van der Waals surface area contributed by atoms with Crippen LogP contribution in [0.2, 0.25) is 10.0 Å². The minimum atomic E-state index is -3.82. The number of anilines is 6. The lowest BCUT2D eigenvalue weighted by molar-refractivity contribution is -0.136. The third-order valence-electron chi connectivity index (χ3n) is 11.9. The van der Waals surface area contributed by atoms with Crippen molar-refractivity contribution >= 4 is 121 Å². The number of fused-ring (bicyclic) bond motifs is 2. The lowest BCUT2D eigenvalue weighted by Gasteiger charge is -2.36. The summed E-state index contributed by atoms with van der Waals surface area (Å²) in [4.78, 5) is 75.5. The largest absolute Gasteiger partial charge is 0.368 e. The van der Waals surface area contributed by atoms with Crippen molar-refractivity contribution in [1.29, 1.82) is 0 Å². The minimum Gasteiger partial charge on any atom is -0.368 e. The third-order valence-corrected chi connectivity index (χ3v) is 15.1. The predicted molar refractivity (Wildman–Crippen MR) is 250 cm³/mol. The van der Waals surface area contributed by atoms with Crippen LogP contribution >= 0.6 is 46.7 Å². The SMILES string of the molecule is COP(=O)(OC)c1c(Nc2nc(Nc3cc(Cl)c(N4CCN(CCC5=CN(c6cc7c(cc6F)C(=O)N(C6CCC(=O)NC6=O)C7=O)CC5)CC4)cc3Cl)ncc2Br)ccc2nccnc12. The molecule has 2 fully saturated rings. The van der Waals surface area contributed by atoms with Crippen LogP contribution in [-0.2, 0) is 23.2 Å². The normalized spacial score (nSPS) is 18.0. The van der Waals surface area contributed by atoms with Gasteiger partial charge in [-0.05, 0) is 71.6 Å². The Kier molecular flexibility index (Phi) is 12.8. The van der Waals surface area contributed by atoms with Crippen LogP contribution in [0.3, 0.4) is 0 Å². The summed E-state index contributed by atoms with van der Waals surface area (Å²) in [5, 5.41) is 9.60. The predicted octanol–water partition coefficient (Wildman–Crippen LogP) is 6.93. The van der Waals surface area contributed by atoms with Gasteiger partial charge in [0.1, 0.15) is 28.5 Å². The lowest BCUT2D eigenvalue weighted by Crippen LogP contribution is -2.54. The van der Waals surface area contributed by atoms with Gasteiger partial charge in [-0.1, -0.05) is 28.8 Å². The van der Waals surface area contributed by atoms with Crippen LogP contribution in [0.1, 0.15) is 46.4 Å². The zero-order valence-electron chi connectivity index (χ0n) is 35.3. The number of carbonyl (C=O) groups excluding carboxylic acids is 4. The molecule has 2 saturated heterocycles. The molecular formula is C43H40BrCl2FN11O7P. The number of rotatable bonds is 13. The summed E-state index contributed by atoms with van der Waals surface area (Å²) in [6.07, 6.45) is 7.95. The second-order valence-electron chi connectivity index (χ2n) is 15.8. The van der Waals surface area contributed by atoms with E-state index in [0.29, 0.717) is 68.8 Å². The molecule has 0 saturated carbocycles. The second-order valence-corrected chi connectivity index (χ2v) is 19.6. The highest BCUT2D eigenvalue weighted by atomic mass is 79.9. The summed E-state index contributed by atoms with van der Waals surface area (Å²) in [6, 6.07) is 8.26. The summed E-state index contributed by atoms with van der Waals surface area (Å²) < 4.78 is 40.5. The maximum Gasteiger partial charge on any atom is 0.365 e. The van der Waals surface area contributed by atoms with Crippen molar-refractivity contribution in [2.75, 3.05) is 73.9 Å². The summed E-state index contributed by atoms with van der Waals surface area (Å²) in [6.45, 7) is 4.21. The fourth-order valence-electron chi connectivity index (χ4n) is 8.50. The molecule has 0 radical (unpaired) electrons. The van der Waals surface area contributed by atoms with Crippen molar-refractivity contribution in [3.63, 3.8) is 0 Å². The van der Waals surface area contributed by atoms with Gasteiger partial charge < -0.3 is 29.5 Å². The van der Waals surface area contributed by atoms with Crippen LogP contribution in [0.5, 0.6) is 0 Å². The summed E-state index contributed by atoms with van der Waals surface area (Å²) in [5.74, 6) is -2.73. The van der Waals surface area contributed by atoms with E-state index in [2.05, 4.69) is 61.6 Å². The summed E-state index contributed by atoms with van der Waals surface area (Å²) >= 11 is 17.2. The molecule has 4 amide bonds. The maximum absolute atomic E-state index is 15.5. The van der Waals surface area contributed by atoms with Crippen molar-refractivity contribution in [1.82, 2.24) is 35.1 Å². The monoisotopic (exact) mass is 1020 g/mol. The molecule has 0 spiro atoms. The molecule has 66 heavy (non-hydrogen) atoms. The molecular weight excluding hydrogens is 983 g/mol. The number of carbonyl (C=O) groups is 4. The first-order valence-corrected chi connectivity index (χ1v) is 23.8. The van der Waals surface area contributed by atoms with Crippen molar-refractivity contribution < 1.29 is 37.2 Å². The molecule has 1 unspecified atom stereocenters. The van der Waals surface area contributed by atoms with E-state index < -0.39 is 43.1 Å². The Labute approximate surface area is 395 Å². The van der Waals surface area contributed by atoms with E-state index in [-0.39, 0.29) is 40.9 Å². The molecule has 0 aliphatic carbocycles. The smallest absolute Gasteiger partial charge is 0.365 e. The quantitative estimate of drug-likeness (QED) is 0.0808. The number of hydrogen-bond acceptors (Lipinski definition) is 16. The van der Waals surface area contributed by atoms with Crippen LogP contribution in [0.25, 0.3) is 11.0 Å². The average Bonchev–Trinajstić information content (AvgIpc) is 3.88. The number of hydrogen-bond donors (Lipinski definition) is 3. The van der Waals surface area contributed by atoms with Gasteiger partial charge in [0, 0.05) is 84.7 Å². The van der Waals surface area contributed by atoms with Gasteiger partial charge in [-0.3, -0.25) is 48.8 Å². The molecule has 342 valence electrons. The van der Waals surface area contributed by atoms with E-state index >= 15 is 4.39 Å². The van der Waals surface area contributed by atoms with E-state index in [9.17, 15) is 23.7 Å². The van der Waals surface area contributed by atoms with Crippen molar-refractivity contribution in [3.8, 4) is 0 Å². The number of benzene rings is 3. The second kappa shape index (κ2) is 18.6. The van der Waals surface area contributed by atoms with Crippen molar-refractivity contribution in [3.05, 3.63) is 98.2 Å². The fourth-order valence-corrected chi connectivity index (χ4v) is 10.7. The molecule has 6 heterocycles. The Morgan fingerprint density at radius 1 is 0.879 bits per heavy atom. The number of amides is 4. The summed E-state index contributed by atoms with van der Waals surface area (Å²) in [5.41, 5.74) is 3.71. The highest BCUT2D eigenvalue weighted by Gasteiger charge is 2.45. The number of halogens is 4. The molecule has 4 aliphatic heterocycles.